The van der Waals surface area contributed by atoms with Gasteiger partial charge in [0, 0.05) is 0 Å². The molecule has 0 spiro atoms. The van der Waals surface area contributed by atoms with Crippen molar-refractivity contribution >= 4 is 29.6 Å². The fourth-order valence-corrected chi connectivity index (χ4v) is 2.46. The number of hydrogen-bond acceptors (Lipinski definition) is 6. The van der Waals surface area contributed by atoms with Crippen molar-refractivity contribution in [3.8, 4) is 0 Å². The molecular formula is C18H33N5O6. The Hall–Kier alpha value is -2.69. The number of carbonyl (C=O) groups excluding carboxylic acids is 4. The minimum atomic E-state index is -1.19. The zero-order valence-electron chi connectivity index (χ0n) is 17.5. The predicted octanol–water partition coefficient (Wildman–Crippen LogP) is -1.55. The number of primary amides is 1. The van der Waals surface area contributed by atoms with Gasteiger partial charge in [0.05, 0.1) is 12.5 Å². The third-order valence-corrected chi connectivity index (χ3v) is 4.08. The van der Waals surface area contributed by atoms with Crippen LogP contribution in [0.3, 0.4) is 0 Å². The standard InChI is InChI=1S/C18H33N5O6/c1-8(2)6-12(17(27)23-14(9(3)4)18(28)29)22-15(25)10(5)21-16(26)11(19)7-13(20)24/h8-12,14H,6-7,19H2,1-5H3,(H2,20,24)(H,21,26)(H,22,25)(H,23,27)(H,28,29). The van der Waals surface area contributed by atoms with Gasteiger partial charge in [0.1, 0.15) is 18.1 Å². The van der Waals surface area contributed by atoms with Gasteiger partial charge < -0.3 is 32.5 Å². The molecule has 0 saturated carbocycles. The van der Waals surface area contributed by atoms with Crippen LogP contribution in [0.5, 0.6) is 0 Å². The smallest absolute Gasteiger partial charge is 0.326 e. The monoisotopic (exact) mass is 415 g/mol. The van der Waals surface area contributed by atoms with E-state index in [4.69, 9.17) is 11.5 Å². The second kappa shape index (κ2) is 12.0. The molecule has 11 nitrogen and oxygen atoms in total. The maximum atomic E-state index is 12.6. The van der Waals surface area contributed by atoms with Crippen molar-refractivity contribution in [2.45, 2.75) is 71.6 Å². The third kappa shape index (κ3) is 9.88. The summed E-state index contributed by atoms with van der Waals surface area (Å²) in [6.45, 7) is 8.39. The zero-order chi connectivity index (χ0) is 22.9. The van der Waals surface area contributed by atoms with Crippen molar-refractivity contribution in [2.24, 2.45) is 23.3 Å². The van der Waals surface area contributed by atoms with E-state index in [1.165, 1.54) is 6.92 Å². The van der Waals surface area contributed by atoms with Crippen LogP contribution in [0.15, 0.2) is 0 Å². The first-order valence-corrected chi connectivity index (χ1v) is 9.44. The number of carboxylic acid groups (broad SMARTS) is 1. The van der Waals surface area contributed by atoms with Crippen LogP contribution >= 0.6 is 0 Å². The first kappa shape index (κ1) is 26.3. The molecule has 0 saturated heterocycles. The molecule has 0 aromatic heterocycles. The molecule has 29 heavy (non-hydrogen) atoms. The van der Waals surface area contributed by atoms with Gasteiger partial charge in [0.25, 0.3) is 0 Å². The molecule has 0 aliphatic rings. The highest BCUT2D eigenvalue weighted by molar-refractivity contribution is 5.94. The summed E-state index contributed by atoms with van der Waals surface area (Å²) >= 11 is 0. The van der Waals surface area contributed by atoms with Crippen LogP contribution in [0.2, 0.25) is 0 Å². The number of aliphatic carboxylic acids is 1. The second-order valence-corrected chi connectivity index (χ2v) is 7.77. The van der Waals surface area contributed by atoms with Gasteiger partial charge in [0.15, 0.2) is 0 Å². The molecule has 0 aromatic rings. The maximum absolute atomic E-state index is 12.6. The van der Waals surface area contributed by atoms with E-state index in [2.05, 4.69) is 16.0 Å². The SMILES string of the molecule is CC(C)CC(NC(=O)C(C)NC(=O)C(N)CC(N)=O)C(=O)NC(C(=O)O)C(C)C. The number of carbonyl (C=O) groups is 5. The van der Waals surface area contributed by atoms with Crippen molar-refractivity contribution in [2.75, 3.05) is 0 Å². The molecule has 0 rings (SSSR count). The first-order valence-electron chi connectivity index (χ1n) is 9.44. The first-order chi connectivity index (χ1) is 13.3. The van der Waals surface area contributed by atoms with E-state index in [9.17, 15) is 29.1 Å². The highest BCUT2D eigenvalue weighted by Gasteiger charge is 2.30. The Morgan fingerprint density at radius 3 is 1.83 bits per heavy atom. The van der Waals surface area contributed by atoms with Crippen molar-refractivity contribution in [3.05, 3.63) is 0 Å². The highest BCUT2D eigenvalue weighted by atomic mass is 16.4. The Kier molecular flexibility index (Phi) is 10.9. The Morgan fingerprint density at radius 1 is 0.862 bits per heavy atom. The normalized spacial score (nSPS) is 15.2. The van der Waals surface area contributed by atoms with Crippen molar-refractivity contribution in [1.29, 1.82) is 0 Å². The fraction of sp³-hybridized carbons (Fsp3) is 0.722. The minimum Gasteiger partial charge on any atom is -0.480 e. The number of nitrogens with one attached hydrogen (secondary N) is 3. The molecule has 4 unspecified atom stereocenters. The molecule has 0 aliphatic carbocycles. The Labute approximate surface area is 170 Å². The van der Waals surface area contributed by atoms with Crippen LogP contribution in [0.25, 0.3) is 0 Å². The van der Waals surface area contributed by atoms with Crippen LogP contribution in [0, 0.1) is 11.8 Å². The lowest BCUT2D eigenvalue weighted by Crippen LogP contribution is -2.57. The van der Waals surface area contributed by atoms with E-state index in [-0.39, 0.29) is 24.7 Å². The summed E-state index contributed by atoms with van der Waals surface area (Å²) in [4.78, 5) is 59.1. The van der Waals surface area contributed by atoms with Crippen LogP contribution in [-0.2, 0) is 24.0 Å². The number of hydrogen-bond donors (Lipinski definition) is 6. The van der Waals surface area contributed by atoms with Crippen LogP contribution in [0.4, 0.5) is 0 Å². The largest absolute Gasteiger partial charge is 0.480 e. The average molecular weight is 415 g/mol. The number of carboxylic acids is 1. The van der Waals surface area contributed by atoms with Gasteiger partial charge in [-0.2, -0.15) is 0 Å². The van der Waals surface area contributed by atoms with E-state index in [0.717, 1.165) is 0 Å². The number of rotatable bonds is 12. The Morgan fingerprint density at radius 2 is 1.41 bits per heavy atom. The Bertz CT molecular complexity index is 622. The lowest BCUT2D eigenvalue weighted by atomic mass is 10.00. The molecule has 11 heteroatoms. The Balaban J connectivity index is 5.10. The summed E-state index contributed by atoms with van der Waals surface area (Å²) in [7, 11) is 0. The molecular weight excluding hydrogens is 382 g/mol. The molecule has 0 radical (unpaired) electrons. The quantitative estimate of drug-likeness (QED) is 0.222. The van der Waals surface area contributed by atoms with Crippen LogP contribution in [0.1, 0.15) is 47.5 Å². The van der Waals surface area contributed by atoms with E-state index < -0.39 is 53.8 Å². The summed E-state index contributed by atoms with van der Waals surface area (Å²) in [5, 5.41) is 16.6. The molecule has 4 amide bonds. The van der Waals surface area contributed by atoms with Crippen molar-refractivity contribution in [3.63, 3.8) is 0 Å². The predicted molar refractivity (Wildman–Crippen MR) is 105 cm³/mol. The molecule has 4 atom stereocenters. The zero-order valence-corrected chi connectivity index (χ0v) is 17.5. The summed E-state index contributed by atoms with van der Waals surface area (Å²) in [6.07, 6.45) is -0.103. The van der Waals surface area contributed by atoms with E-state index in [1.807, 2.05) is 13.8 Å². The highest BCUT2D eigenvalue weighted by Crippen LogP contribution is 2.08. The molecule has 166 valence electrons. The van der Waals surface area contributed by atoms with E-state index in [1.54, 1.807) is 13.8 Å². The van der Waals surface area contributed by atoms with Crippen molar-refractivity contribution in [1.82, 2.24) is 16.0 Å². The third-order valence-electron chi connectivity index (χ3n) is 4.08. The molecule has 0 bridgehead atoms. The van der Waals surface area contributed by atoms with E-state index in [0.29, 0.717) is 0 Å². The molecule has 0 fully saturated rings. The fourth-order valence-electron chi connectivity index (χ4n) is 2.46. The minimum absolute atomic E-state index is 0.0299. The molecule has 0 heterocycles. The van der Waals surface area contributed by atoms with Gasteiger partial charge in [0.2, 0.25) is 23.6 Å². The lowest BCUT2D eigenvalue weighted by molar-refractivity contribution is -0.143. The summed E-state index contributed by atoms with van der Waals surface area (Å²) < 4.78 is 0. The topological polar surface area (TPSA) is 194 Å². The number of nitrogens with two attached hydrogens (primary N) is 2. The summed E-state index contributed by atoms with van der Waals surface area (Å²) in [5.74, 6) is -4.26. The molecule has 0 aliphatic heterocycles. The molecule has 0 aromatic carbocycles. The van der Waals surface area contributed by atoms with Gasteiger partial charge >= 0.3 is 5.97 Å². The lowest BCUT2D eigenvalue weighted by Gasteiger charge is -2.25. The summed E-state index contributed by atoms with van der Waals surface area (Å²) in [6, 6.07) is -4.32. The van der Waals surface area contributed by atoms with Gasteiger partial charge in [-0.1, -0.05) is 27.7 Å². The van der Waals surface area contributed by atoms with Gasteiger partial charge in [-0.3, -0.25) is 19.2 Å². The summed E-state index contributed by atoms with van der Waals surface area (Å²) in [5.41, 5.74) is 10.5. The average Bonchev–Trinajstić information content (AvgIpc) is 2.56. The van der Waals surface area contributed by atoms with Gasteiger partial charge in [-0.25, -0.2) is 4.79 Å². The van der Waals surface area contributed by atoms with Gasteiger partial charge in [-0.15, -0.1) is 0 Å². The van der Waals surface area contributed by atoms with E-state index >= 15 is 0 Å². The van der Waals surface area contributed by atoms with Crippen LogP contribution < -0.4 is 27.4 Å². The van der Waals surface area contributed by atoms with Gasteiger partial charge in [-0.05, 0) is 25.2 Å². The maximum Gasteiger partial charge on any atom is 0.326 e. The van der Waals surface area contributed by atoms with Crippen molar-refractivity contribution < 1.29 is 29.1 Å². The number of amides is 4. The second-order valence-electron chi connectivity index (χ2n) is 7.77. The van der Waals surface area contributed by atoms with Crippen LogP contribution in [-0.4, -0.2) is 58.9 Å². The molecule has 8 N–H and O–H groups in total.